The second kappa shape index (κ2) is 10.6. The molecule has 2 aliphatic heterocycles. The van der Waals surface area contributed by atoms with Crippen LogP contribution in [0.25, 0.3) is 0 Å². The quantitative estimate of drug-likeness (QED) is 0.549. The van der Waals surface area contributed by atoms with Crippen LogP contribution in [-0.2, 0) is 25.7 Å². The second-order valence-electron chi connectivity index (χ2n) is 8.06. The second-order valence-corrected chi connectivity index (χ2v) is 9.26. The van der Waals surface area contributed by atoms with Crippen LogP contribution in [0.5, 0.6) is 5.75 Å². The summed E-state index contributed by atoms with van der Waals surface area (Å²) in [5.74, 6) is -1.76. The van der Waals surface area contributed by atoms with Crippen molar-refractivity contribution in [3.63, 3.8) is 0 Å². The van der Waals surface area contributed by atoms with Gasteiger partial charge in [0.05, 0.1) is 48.8 Å². The molecule has 36 heavy (non-hydrogen) atoms. The zero-order valence-corrected chi connectivity index (χ0v) is 20.5. The first-order valence-electron chi connectivity index (χ1n) is 11.1. The summed E-state index contributed by atoms with van der Waals surface area (Å²) in [5, 5.41) is 12.4. The van der Waals surface area contributed by atoms with Crippen LogP contribution in [0.3, 0.4) is 0 Å². The number of hydrogen-bond acceptors (Lipinski definition) is 8. The molecule has 0 aromatic heterocycles. The number of methoxy groups -OCH3 is 2. The van der Waals surface area contributed by atoms with Gasteiger partial charge < -0.3 is 20.5 Å². The standard InChI is InChI=1S/C26H24N4O5S/c1-34-17-10-8-16(9-11-17)21-18(13-27)23(28)30-25(33)19(12-20(31)35-2)36-26(30)22(21)24(32)29-14-15-6-4-3-5-7-15/h3-11,19,21H,12,14,28H2,1-2H3,(H,29,32)/t19-,21+/m1/s1. The number of rotatable bonds is 7. The largest absolute Gasteiger partial charge is 0.497 e. The molecule has 184 valence electrons. The van der Waals surface area contributed by atoms with Gasteiger partial charge in [0.15, 0.2) is 0 Å². The molecule has 1 fully saturated rings. The Bertz CT molecular complexity index is 1300. The molecule has 9 nitrogen and oxygen atoms in total. The summed E-state index contributed by atoms with van der Waals surface area (Å²) in [4.78, 5) is 40.0. The van der Waals surface area contributed by atoms with E-state index < -0.39 is 29.0 Å². The fourth-order valence-electron chi connectivity index (χ4n) is 4.15. The van der Waals surface area contributed by atoms with Crippen LogP contribution < -0.4 is 15.8 Å². The highest BCUT2D eigenvalue weighted by Gasteiger charge is 2.48. The Balaban J connectivity index is 1.81. The van der Waals surface area contributed by atoms with Crippen LogP contribution in [0.2, 0.25) is 0 Å². The van der Waals surface area contributed by atoms with Crippen LogP contribution in [0.1, 0.15) is 23.5 Å². The zero-order chi connectivity index (χ0) is 25.8. The summed E-state index contributed by atoms with van der Waals surface area (Å²) in [6.07, 6.45) is -0.193. The number of fused-ring (bicyclic) bond motifs is 1. The summed E-state index contributed by atoms with van der Waals surface area (Å²) in [6.45, 7) is 0.247. The smallest absolute Gasteiger partial charge is 0.307 e. The third kappa shape index (κ3) is 4.65. The summed E-state index contributed by atoms with van der Waals surface area (Å²) in [7, 11) is 2.78. The number of benzene rings is 2. The first kappa shape index (κ1) is 24.9. The van der Waals surface area contributed by atoms with Crippen molar-refractivity contribution in [2.45, 2.75) is 24.1 Å². The molecule has 0 bridgehead atoms. The number of hydrogen-bond donors (Lipinski definition) is 2. The number of carbonyl (C=O) groups excluding carboxylic acids is 3. The molecule has 4 rings (SSSR count). The molecule has 0 unspecified atom stereocenters. The monoisotopic (exact) mass is 504 g/mol. The number of thioether (sulfide) groups is 1. The van der Waals surface area contributed by atoms with Crippen molar-refractivity contribution in [1.29, 1.82) is 5.26 Å². The molecule has 0 spiro atoms. The fraction of sp³-hybridized carbons (Fsp3) is 0.231. The maximum Gasteiger partial charge on any atom is 0.307 e. The Kier molecular flexibility index (Phi) is 7.31. The van der Waals surface area contributed by atoms with Crippen molar-refractivity contribution < 1.29 is 23.9 Å². The average Bonchev–Trinajstić information content (AvgIpc) is 3.23. The van der Waals surface area contributed by atoms with Crippen molar-refractivity contribution in [2.75, 3.05) is 14.2 Å². The summed E-state index contributed by atoms with van der Waals surface area (Å²) >= 11 is 1.07. The number of nitrogens with one attached hydrogen (secondary N) is 1. The molecule has 0 saturated carbocycles. The predicted octanol–water partition coefficient (Wildman–Crippen LogP) is 2.52. The van der Waals surface area contributed by atoms with Gasteiger partial charge in [-0.25, -0.2) is 0 Å². The number of nitrogens with two attached hydrogens (primary N) is 1. The first-order chi connectivity index (χ1) is 17.4. The van der Waals surface area contributed by atoms with E-state index in [9.17, 15) is 19.6 Å². The molecular formula is C26H24N4O5S. The SMILES string of the molecule is COC(=O)C[C@H]1SC2=C(C(=O)NCc3ccccc3)[C@@H](c3ccc(OC)cc3)C(C#N)=C(N)N2C1=O. The van der Waals surface area contributed by atoms with Crippen LogP contribution in [0.15, 0.2) is 76.6 Å². The van der Waals surface area contributed by atoms with E-state index >= 15 is 0 Å². The molecule has 1 saturated heterocycles. The van der Waals surface area contributed by atoms with Gasteiger partial charge in [-0.05, 0) is 23.3 Å². The third-order valence-corrected chi connectivity index (χ3v) is 7.25. The van der Waals surface area contributed by atoms with Crippen molar-refractivity contribution in [3.8, 4) is 11.8 Å². The number of carbonyl (C=O) groups is 3. The number of nitriles is 1. The molecular weight excluding hydrogens is 480 g/mol. The molecule has 2 aliphatic rings. The van der Waals surface area contributed by atoms with Crippen molar-refractivity contribution >= 4 is 29.5 Å². The molecule has 2 heterocycles. The predicted molar refractivity (Wildman–Crippen MR) is 133 cm³/mol. The van der Waals surface area contributed by atoms with E-state index in [1.807, 2.05) is 30.3 Å². The Morgan fingerprint density at radius 3 is 2.44 bits per heavy atom. The van der Waals surface area contributed by atoms with Crippen molar-refractivity contribution in [2.24, 2.45) is 5.73 Å². The minimum absolute atomic E-state index is 0.0576. The lowest BCUT2D eigenvalue weighted by Gasteiger charge is -2.32. The summed E-state index contributed by atoms with van der Waals surface area (Å²) < 4.78 is 9.98. The lowest BCUT2D eigenvalue weighted by molar-refractivity contribution is -0.142. The van der Waals surface area contributed by atoms with Gasteiger partial charge in [-0.15, -0.1) is 0 Å². The van der Waals surface area contributed by atoms with Crippen LogP contribution in [-0.4, -0.2) is 42.2 Å². The number of ether oxygens (including phenoxy) is 2. The van der Waals surface area contributed by atoms with Gasteiger partial charge in [0.1, 0.15) is 16.8 Å². The molecule has 2 aromatic rings. The van der Waals surface area contributed by atoms with Crippen molar-refractivity contribution in [3.05, 3.63) is 87.7 Å². The fourth-order valence-corrected chi connectivity index (χ4v) is 5.47. The third-order valence-electron chi connectivity index (χ3n) is 5.97. The first-order valence-corrected chi connectivity index (χ1v) is 11.9. The highest BCUT2D eigenvalue weighted by Crippen LogP contribution is 2.50. The zero-order valence-electron chi connectivity index (χ0n) is 19.7. The minimum Gasteiger partial charge on any atom is -0.497 e. The van der Waals surface area contributed by atoms with Gasteiger partial charge in [0.25, 0.3) is 5.91 Å². The van der Waals surface area contributed by atoms with E-state index in [1.165, 1.54) is 12.0 Å². The lowest BCUT2D eigenvalue weighted by Crippen LogP contribution is -2.40. The summed E-state index contributed by atoms with van der Waals surface area (Å²) in [5.41, 5.74) is 8.15. The molecule has 2 aromatic carbocycles. The lowest BCUT2D eigenvalue weighted by atomic mass is 9.82. The van der Waals surface area contributed by atoms with Gasteiger partial charge in [-0.1, -0.05) is 54.2 Å². The number of nitrogens with zero attached hydrogens (tertiary/aromatic N) is 2. The maximum atomic E-state index is 13.7. The summed E-state index contributed by atoms with van der Waals surface area (Å²) in [6, 6.07) is 18.4. The van der Waals surface area contributed by atoms with E-state index in [-0.39, 0.29) is 29.9 Å². The highest BCUT2D eigenvalue weighted by molar-refractivity contribution is 8.04. The van der Waals surface area contributed by atoms with Gasteiger partial charge in [0.2, 0.25) is 5.91 Å². The van der Waals surface area contributed by atoms with Gasteiger partial charge in [-0.3, -0.25) is 19.3 Å². The Labute approximate surface area is 212 Å². The van der Waals surface area contributed by atoms with Crippen LogP contribution in [0, 0.1) is 11.3 Å². The molecule has 3 N–H and O–H groups in total. The van der Waals surface area contributed by atoms with Crippen LogP contribution >= 0.6 is 11.8 Å². The number of allylic oxidation sites excluding steroid dienone is 1. The molecule has 2 amide bonds. The minimum atomic E-state index is -0.836. The molecule has 0 aliphatic carbocycles. The highest BCUT2D eigenvalue weighted by atomic mass is 32.2. The Morgan fingerprint density at radius 2 is 1.83 bits per heavy atom. The normalized spacial score (nSPS) is 19.0. The van der Waals surface area contributed by atoms with Crippen LogP contribution in [0.4, 0.5) is 0 Å². The number of amides is 2. The van der Waals surface area contributed by atoms with Crippen molar-refractivity contribution in [1.82, 2.24) is 10.2 Å². The number of esters is 1. The van der Waals surface area contributed by atoms with Gasteiger partial charge >= 0.3 is 5.97 Å². The van der Waals surface area contributed by atoms with E-state index in [0.29, 0.717) is 16.3 Å². The Morgan fingerprint density at radius 1 is 1.14 bits per heavy atom. The molecule has 0 radical (unpaired) electrons. The van der Waals surface area contributed by atoms with E-state index in [2.05, 4.69) is 11.4 Å². The van der Waals surface area contributed by atoms with E-state index in [0.717, 1.165) is 17.3 Å². The van der Waals surface area contributed by atoms with E-state index in [1.54, 1.807) is 31.4 Å². The Hall–Kier alpha value is -4.23. The van der Waals surface area contributed by atoms with E-state index in [4.69, 9.17) is 15.2 Å². The van der Waals surface area contributed by atoms with Gasteiger partial charge in [0, 0.05) is 6.54 Å². The average molecular weight is 505 g/mol. The topological polar surface area (TPSA) is 135 Å². The maximum absolute atomic E-state index is 13.7. The van der Waals surface area contributed by atoms with Gasteiger partial charge in [-0.2, -0.15) is 5.26 Å². The molecule has 10 heteroatoms. The molecule has 2 atom stereocenters.